The molecule has 0 bridgehead atoms. The Morgan fingerprint density at radius 3 is 2.40 bits per heavy atom. The monoisotopic (exact) mass is 240 g/mol. The molecule has 1 aromatic carbocycles. The van der Waals surface area contributed by atoms with Crippen LogP contribution in [0, 0.1) is 5.82 Å². The van der Waals surface area contributed by atoms with Gasteiger partial charge < -0.3 is 0 Å². The fourth-order valence-corrected chi connectivity index (χ4v) is 2.29. The van der Waals surface area contributed by atoms with Crippen LogP contribution in [0.5, 0.6) is 0 Å². The van der Waals surface area contributed by atoms with Crippen molar-refractivity contribution in [1.82, 2.24) is 0 Å². The molecule has 0 N–H and O–H groups in total. The van der Waals surface area contributed by atoms with Gasteiger partial charge in [0.15, 0.2) is 0 Å². The van der Waals surface area contributed by atoms with Gasteiger partial charge in [0.25, 0.3) is 0 Å². The van der Waals surface area contributed by atoms with Gasteiger partial charge in [0.1, 0.15) is 5.82 Å². The van der Waals surface area contributed by atoms with Crippen LogP contribution in [-0.2, 0) is 0 Å². The largest absolute Gasteiger partial charge is 0.288 e. The highest BCUT2D eigenvalue weighted by molar-refractivity contribution is 7.13. The molecule has 0 aliphatic heterocycles. The zero-order valence-electron chi connectivity index (χ0n) is 7.54. The molecular formula is C11H6ClFOS. The molecule has 0 atom stereocenters. The number of thiophene rings is 1. The molecule has 0 aliphatic rings. The van der Waals surface area contributed by atoms with Crippen LogP contribution in [0.3, 0.4) is 0 Å². The third-order valence-electron chi connectivity index (χ3n) is 1.93. The van der Waals surface area contributed by atoms with E-state index in [2.05, 4.69) is 0 Å². The second kappa shape index (κ2) is 4.13. The van der Waals surface area contributed by atoms with E-state index in [-0.39, 0.29) is 11.6 Å². The van der Waals surface area contributed by atoms with Crippen molar-refractivity contribution in [2.45, 2.75) is 0 Å². The maximum Gasteiger partial charge on any atom is 0.204 e. The standard InChI is InChI=1S/C11H6ClFOS/c12-9-5-6-15-11(9)10(14)7-1-3-8(13)4-2-7/h1-6H. The first-order valence-corrected chi connectivity index (χ1v) is 5.47. The van der Waals surface area contributed by atoms with E-state index >= 15 is 0 Å². The normalized spacial score (nSPS) is 10.3. The third kappa shape index (κ3) is 2.08. The number of halogens is 2. The predicted octanol–water partition coefficient (Wildman–Crippen LogP) is 3.77. The molecule has 0 amide bonds. The van der Waals surface area contributed by atoms with Gasteiger partial charge in [0.2, 0.25) is 5.78 Å². The summed E-state index contributed by atoms with van der Waals surface area (Å²) in [6, 6.07) is 7.09. The van der Waals surface area contributed by atoms with Crippen LogP contribution in [0.15, 0.2) is 35.7 Å². The molecule has 1 aromatic heterocycles. The molecule has 15 heavy (non-hydrogen) atoms. The first kappa shape index (κ1) is 10.3. The first-order chi connectivity index (χ1) is 7.18. The van der Waals surface area contributed by atoms with E-state index in [1.54, 1.807) is 11.4 Å². The smallest absolute Gasteiger partial charge is 0.204 e. The predicted molar refractivity (Wildman–Crippen MR) is 59.2 cm³/mol. The summed E-state index contributed by atoms with van der Waals surface area (Å²) in [5.41, 5.74) is 0.445. The molecule has 0 unspecified atom stereocenters. The summed E-state index contributed by atoms with van der Waals surface area (Å²) in [7, 11) is 0. The van der Waals surface area contributed by atoms with Gasteiger partial charge in [0, 0.05) is 5.56 Å². The summed E-state index contributed by atoms with van der Waals surface area (Å²) in [5, 5.41) is 2.19. The summed E-state index contributed by atoms with van der Waals surface area (Å²) in [6.45, 7) is 0. The van der Waals surface area contributed by atoms with Gasteiger partial charge >= 0.3 is 0 Å². The third-order valence-corrected chi connectivity index (χ3v) is 3.27. The van der Waals surface area contributed by atoms with Crippen molar-refractivity contribution in [3.8, 4) is 0 Å². The first-order valence-electron chi connectivity index (χ1n) is 4.22. The molecule has 76 valence electrons. The number of hydrogen-bond donors (Lipinski definition) is 0. The Hall–Kier alpha value is -1.19. The van der Waals surface area contributed by atoms with Crippen molar-refractivity contribution < 1.29 is 9.18 Å². The van der Waals surface area contributed by atoms with Crippen LogP contribution < -0.4 is 0 Å². The molecule has 0 radical (unpaired) electrons. The quantitative estimate of drug-likeness (QED) is 0.731. The molecule has 0 spiro atoms. The molecule has 0 saturated heterocycles. The van der Waals surface area contributed by atoms with Crippen molar-refractivity contribution in [3.05, 3.63) is 57.0 Å². The molecular weight excluding hydrogens is 235 g/mol. The maximum atomic E-state index is 12.6. The molecule has 0 saturated carbocycles. The highest BCUT2D eigenvalue weighted by Crippen LogP contribution is 2.24. The minimum absolute atomic E-state index is 0.171. The minimum atomic E-state index is -0.358. The molecule has 1 nitrogen and oxygen atoms in total. The summed E-state index contributed by atoms with van der Waals surface area (Å²) in [6.07, 6.45) is 0. The van der Waals surface area contributed by atoms with Crippen LogP contribution in [0.25, 0.3) is 0 Å². The Bertz CT molecular complexity index is 490. The molecule has 1 heterocycles. The second-order valence-corrected chi connectivity index (χ2v) is 4.26. The van der Waals surface area contributed by atoms with Crippen LogP contribution >= 0.6 is 22.9 Å². The van der Waals surface area contributed by atoms with E-state index in [0.717, 1.165) is 0 Å². The van der Waals surface area contributed by atoms with Gasteiger partial charge in [-0.3, -0.25) is 4.79 Å². The zero-order chi connectivity index (χ0) is 10.8. The lowest BCUT2D eigenvalue weighted by atomic mass is 10.1. The summed E-state index contributed by atoms with van der Waals surface area (Å²) in [5.74, 6) is -0.529. The van der Waals surface area contributed by atoms with Crippen molar-refractivity contribution in [2.75, 3.05) is 0 Å². The highest BCUT2D eigenvalue weighted by Gasteiger charge is 2.13. The van der Waals surface area contributed by atoms with Gasteiger partial charge in [-0.25, -0.2) is 4.39 Å². The van der Waals surface area contributed by atoms with E-state index in [0.29, 0.717) is 15.5 Å². The number of carbonyl (C=O) groups excluding carboxylic acids is 1. The van der Waals surface area contributed by atoms with Gasteiger partial charge in [-0.15, -0.1) is 11.3 Å². The van der Waals surface area contributed by atoms with Crippen molar-refractivity contribution >= 4 is 28.7 Å². The molecule has 0 aliphatic carbocycles. The van der Waals surface area contributed by atoms with E-state index in [1.165, 1.54) is 35.6 Å². The lowest BCUT2D eigenvalue weighted by Gasteiger charge is -1.98. The Morgan fingerprint density at radius 2 is 1.87 bits per heavy atom. The topological polar surface area (TPSA) is 17.1 Å². The van der Waals surface area contributed by atoms with Gasteiger partial charge in [0.05, 0.1) is 9.90 Å². The molecule has 2 rings (SSSR count). The number of benzene rings is 1. The molecule has 4 heteroatoms. The fourth-order valence-electron chi connectivity index (χ4n) is 1.19. The van der Waals surface area contributed by atoms with Crippen molar-refractivity contribution in [1.29, 1.82) is 0 Å². The average molecular weight is 241 g/mol. The van der Waals surface area contributed by atoms with Gasteiger partial charge in [-0.2, -0.15) is 0 Å². The Kier molecular flexibility index (Phi) is 2.84. The Morgan fingerprint density at radius 1 is 1.20 bits per heavy atom. The maximum absolute atomic E-state index is 12.6. The average Bonchev–Trinajstić information content (AvgIpc) is 2.65. The SMILES string of the molecule is O=C(c1ccc(F)cc1)c1sccc1Cl. The number of carbonyl (C=O) groups is 1. The van der Waals surface area contributed by atoms with Crippen molar-refractivity contribution in [2.24, 2.45) is 0 Å². The van der Waals surface area contributed by atoms with Crippen LogP contribution in [-0.4, -0.2) is 5.78 Å². The van der Waals surface area contributed by atoms with Crippen LogP contribution in [0.2, 0.25) is 5.02 Å². The van der Waals surface area contributed by atoms with E-state index in [9.17, 15) is 9.18 Å². The Balaban J connectivity index is 2.37. The minimum Gasteiger partial charge on any atom is -0.288 e. The summed E-state index contributed by atoms with van der Waals surface area (Å²) >= 11 is 7.11. The van der Waals surface area contributed by atoms with Gasteiger partial charge in [-0.1, -0.05) is 11.6 Å². The van der Waals surface area contributed by atoms with Crippen LogP contribution in [0.1, 0.15) is 15.2 Å². The molecule has 0 fully saturated rings. The van der Waals surface area contributed by atoms with E-state index < -0.39 is 0 Å². The number of hydrogen-bond acceptors (Lipinski definition) is 2. The molecule has 2 aromatic rings. The van der Waals surface area contributed by atoms with E-state index in [1.807, 2.05) is 0 Å². The number of ketones is 1. The van der Waals surface area contributed by atoms with Gasteiger partial charge in [-0.05, 0) is 35.7 Å². The lowest BCUT2D eigenvalue weighted by molar-refractivity contribution is 0.104. The lowest BCUT2D eigenvalue weighted by Crippen LogP contribution is -1.98. The summed E-state index contributed by atoms with van der Waals surface area (Å²) in [4.78, 5) is 12.3. The fraction of sp³-hybridized carbons (Fsp3) is 0. The number of rotatable bonds is 2. The van der Waals surface area contributed by atoms with E-state index in [4.69, 9.17) is 11.6 Å². The van der Waals surface area contributed by atoms with Crippen LogP contribution in [0.4, 0.5) is 4.39 Å². The summed E-state index contributed by atoms with van der Waals surface area (Å²) < 4.78 is 12.6. The highest BCUT2D eigenvalue weighted by atomic mass is 35.5. The zero-order valence-corrected chi connectivity index (χ0v) is 9.11. The van der Waals surface area contributed by atoms with Crippen molar-refractivity contribution in [3.63, 3.8) is 0 Å². The second-order valence-electron chi connectivity index (χ2n) is 2.93. The Labute approximate surface area is 95.1 Å².